The zero-order valence-electron chi connectivity index (χ0n) is 7.59. The van der Waals surface area contributed by atoms with Gasteiger partial charge in [-0.25, -0.2) is 4.39 Å². The van der Waals surface area contributed by atoms with E-state index in [0.717, 1.165) is 0 Å². The van der Waals surface area contributed by atoms with Gasteiger partial charge in [0.15, 0.2) is 5.82 Å². The van der Waals surface area contributed by atoms with E-state index in [1.807, 2.05) is 0 Å². The number of hydrogen-bond acceptors (Lipinski definition) is 3. The molecular weight excluding hydrogens is 275 g/mol. The third-order valence-electron chi connectivity index (χ3n) is 1.76. The van der Waals surface area contributed by atoms with Crippen molar-refractivity contribution in [3.63, 3.8) is 0 Å². The van der Waals surface area contributed by atoms with Crippen molar-refractivity contribution in [1.82, 2.24) is 15.0 Å². The van der Waals surface area contributed by atoms with Crippen molar-refractivity contribution in [1.29, 1.82) is 0 Å². The number of hydrogen-bond donors (Lipinski definition) is 0. The van der Waals surface area contributed by atoms with Crippen LogP contribution in [-0.2, 0) is 0 Å². The minimum atomic E-state index is -0.517. The summed E-state index contributed by atoms with van der Waals surface area (Å²) in [5.41, 5.74) is 0.512. The van der Waals surface area contributed by atoms with Gasteiger partial charge in [0.2, 0.25) is 10.6 Å². The van der Waals surface area contributed by atoms with E-state index >= 15 is 0 Å². The first kappa shape index (κ1) is 11.5. The Balaban J connectivity index is 2.54. The predicted molar refractivity (Wildman–Crippen MR) is 60.3 cm³/mol. The molecule has 0 atom stereocenters. The lowest BCUT2D eigenvalue weighted by molar-refractivity contribution is 0.628. The molecule has 0 fully saturated rings. The Morgan fingerprint density at radius 1 is 0.938 bits per heavy atom. The monoisotopic (exact) mass is 277 g/mol. The molecule has 0 saturated carbocycles. The van der Waals surface area contributed by atoms with E-state index in [1.54, 1.807) is 0 Å². The van der Waals surface area contributed by atoms with Crippen LogP contribution in [0.25, 0.3) is 11.4 Å². The molecule has 3 nitrogen and oxygen atoms in total. The average Bonchev–Trinajstić information content (AvgIpc) is 2.20. The summed E-state index contributed by atoms with van der Waals surface area (Å²) in [6, 6.07) is 4.07. The molecule has 0 aliphatic heterocycles. The van der Waals surface area contributed by atoms with Crippen LogP contribution < -0.4 is 0 Å². The maximum atomic E-state index is 12.9. The predicted octanol–water partition coefficient (Wildman–Crippen LogP) is 3.64. The third-order valence-corrected chi connectivity index (χ3v) is 2.39. The van der Waals surface area contributed by atoms with Gasteiger partial charge in [-0.2, -0.15) is 15.0 Å². The van der Waals surface area contributed by atoms with Crippen LogP contribution in [0.4, 0.5) is 4.39 Å². The summed E-state index contributed by atoms with van der Waals surface area (Å²) in [5.74, 6) is -0.274. The highest BCUT2D eigenvalue weighted by atomic mass is 35.5. The first-order valence-electron chi connectivity index (χ1n) is 4.09. The quantitative estimate of drug-likeness (QED) is 0.799. The van der Waals surface area contributed by atoms with Gasteiger partial charge in [0.05, 0.1) is 5.02 Å². The molecule has 0 N–H and O–H groups in total. The van der Waals surface area contributed by atoms with Crippen molar-refractivity contribution in [2.24, 2.45) is 0 Å². The third kappa shape index (κ3) is 2.40. The maximum Gasteiger partial charge on any atom is 0.227 e. The normalized spacial score (nSPS) is 10.5. The van der Waals surface area contributed by atoms with Crippen molar-refractivity contribution < 1.29 is 4.39 Å². The summed E-state index contributed by atoms with van der Waals surface area (Å²) in [5, 5.41) is -0.0870. The largest absolute Gasteiger partial charge is 0.227 e. The SMILES string of the molecule is Fc1ccc(-c2nc(Cl)nc(Cl)n2)cc1Cl. The molecule has 0 aliphatic rings. The van der Waals surface area contributed by atoms with Crippen LogP contribution in [0.3, 0.4) is 0 Å². The van der Waals surface area contributed by atoms with Gasteiger partial charge in [-0.05, 0) is 41.4 Å². The highest BCUT2D eigenvalue weighted by Crippen LogP contribution is 2.23. The van der Waals surface area contributed by atoms with Crippen molar-refractivity contribution in [3.8, 4) is 11.4 Å². The molecule has 0 aliphatic carbocycles. The van der Waals surface area contributed by atoms with Crippen molar-refractivity contribution in [2.45, 2.75) is 0 Å². The fourth-order valence-electron chi connectivity index (χ4n) is 1.09. The molecule has 0 radical (unpaired) electrons. The Morgan fingerprint density at radius 2 is 1.56 bits per heavy atom. The fraction of sp³-hybridized carbons (Fsp3) is 0. The highest BCUT2D eigenvalue weighted by molar-refractivity contribution is 6.31. The Morgan fingerprint density at radius 3 is 2.12 bits per heavy atom. The Bertz CT molecular complexity index is 527. The molecule has 0 unspecified atom stereocenters. The second kappa shape index (κ2) is 4.49. The van der Waals surface area contributed by atoms with Gasteiger partial charge in [0.1, 0.15) is 5.82 Å². The van der Waals surface area contributed by atoms with Crippen molar-refractivity contribution in [3.05, 3.63) is 39.6 Å². The van der Waals surface area contributed by atoms with E-state index in [4.69, 9.17) is 34.8 Å². The smallest absolute Gasteiger partial charge is 0.205 e. The van der Waals surface area contributed by atoms with Gasteiger partial charge in [0, 0.05) is 5.56 Å². The Labute approximate surface area is 105 Å². The minimum absolute atomic E-state index is 0.0230. The van der Waals surface area contributed by atoms with Crippen LogP contribution >= 0.6 is 34.8 Å². The number of benzene rings is 1. The van der Waals surface area contributed by atoms with Crippen LogP contribution in [0.2, 0.25) is 15.6 Å². The summed E-state index contributed by atoms with van der Waals surface area (Å²) in [6.07, 6.45) is 0. The summed E-state index contributed by atoms with van der Waals surface area (Å²) in [6.45, 7) is 0. The molecule has 0 spiro atoms. The highest BCUT2D eigenvalue weighted by Gasteiger charge is 2.08. The van der Waals surface area contributed by atoms with E-state index in [9.17, 15) is 4.39 Å². The molecule has 0 amide bonds. The summed E-state index contributed by atoms with van der Waals surface area (Å²) in [4.78, 5) is 11.3. The van der Waals surface area contributed by atoms with E-state index in [2.05, 4.69) is 15.0 Å². The van der Waals surface area contributed by atoms with E-state index in [1.165, 1.54) is 18.2 Å². The summed E-state index contributed by atoms with van der Waals surface area (Å²) < 4.78 is 12.9. The first-order chi connectivity index (χ1) is 7.56. The van der Waals surface area contributed by atoms with Gasteiger partial charge in [-0.3, -0.25) is 0 Å². The fourth-order valence-corrected chi connectivity index (χ4v) is 1.63. The molecule has 1 aromatic carbocycles. The van der Waals surface area contributed by atoms with Gasteiger partial charge in [0.25, 0.3) is 0 Å². The molecule has 0 saturated heterocycles. The molecule has 7 heteroatoms. The van der Waals surface area contributed by atoms with Crippen LogP contribution in [-0.4, -0.2) is 15.0 Å². The standard InChI is InChI=1S/C9H3Cl3FN3/c10-5-3-4(1-2-6(5)13)7-14-8(11)16-9(12)15-7/h1-3H. The first-order valence-corrected chi connectivity index (χ1v) is 5.22. The Kier molecular flexibility index (Phi) is 3.23. The molecule has 2 aromatic rings. The molecular formula is C9H3Cl3FN3. The lowest BCUT2D eigenvalue weighted by Gasteiger charge is -2.01. The number of nitrogens with zero attached hydrogens (tertiary/aromatic N) is 3. The molecule has 1 aromatic heterocycles. The minimum Gasteiger partial charge on any atom is -0.205 e. The van der Waals surface area contributed by atoms with Crippen LogP contribution in [0.5, 0.6) is 0 Å². The van der Waals surface area contributed by atoms with Crippen LogP contribution in [0.15, 0.2) is 18.2 Å². The molecule has 82 valence electrons. The lowest BCUT2D eigenvalue weighted by Crippen LogP contribution is -1.94. The average molecular weight is 279 g/mol. The van der Waals surface area contributed by atoms with Crippen LogP contribution in [0.1, 0.15) is 0 Å². The second-order valence-corrected chi connectivity index (χ2v) is 3.91. The Hall–Kier alpha value is -0.970. The molecule has 1 heterocycles. The van der Waals surface area contributed by atoms with E-state index in [-0.39, 0.29) is 21.4 Å². The maximum absolute atomic E-state index is 12.9. The van der Waals surface area contributed by atoms with Crippen LogP contribution in [0, 0.1) is 5.82 Å². The van der Waals surface area contributed by atoms with Gasteiger partial charge >= 0.3 is 0 Å². The van der Waals surface area contributed by atoms with Gasteiger partial charge < -0.3 is 0 Å². The topological polar surface area (TPSA) is 38.7 Å². The lowest BCUT2D eigenvalue weighted by atomic mass is 10.2. The van der Waals surface area contributed by atoms with Gasteiger partial charge in [-0.1, -0.05) is 11.6 Å². The zero-order chi connectivity index (χ0) is 11.7. The summed E-state index contributed by atoms with van der Waals surface area (Å²) >= 11 is 16.9. The molecule has 16 heavy (non-hydrogen) atoms. The molecule has 0 bridgehead atoms. The van der Waals surface area contributed by atoms with Crippen molar-refractivity contribution >= 4 is 34.8 Å². The second-order valence-electron chi connectivity index (χ2n) is 2.83. The van der Waals surface area contributed by atoms with E-state index < -0.39 is 5.82 Å². The number of rotatable bonds is 1. The molecule has 2 rings (SSSR count). The van der Waals surface area contributed by atoms with Gasteiger partial charge in [-0.15, -0.1) is 0 Å². The van der Waals surface area contributed by atoms with E-state index in [0.29, 0.717) is 5.56 Å². The summed E-state index contributed by atoms with van der Waals surface area (Å²) in [7, 11) is 0. The number of aromatic nitrogens is 3. The number of halogens is 4. The zero-order valence-corrected chi connectivity index (χ0v) is 9.85. The van der Waals surface area contributed by atoms with Crippen molar-refractivity contribution in [2.75, 3.05) is 0 Å².